The van der Waals surface area contributed by atoms with Crippen LogP contribution in [0.2, 0.25) is 5.02 Å². The fraction of sp³-hybridized carbons (Fsp3) is 0.409. The molecule has 4 aliphatic rings. The summed E-state index contributed by atoms with van der Waals surface area (Å²) in [6, 6.07) is 18.4. The van der Waals surface area contributed by atoms with E-state index in [0.29, 0.717) is 50.7 Å². The zero-order chi connectivity index (χ0) is 43.2. The minimum atomic E-state index is -2.56. The van der Waals surface area contributed by atoms with Crippen molar-refractivity contribution in [1.29, 1.82) is 0 Å². The van der Waals surface area contributed by atoms with Gasteiger partial charge in [0.25, 0.3) is 11.8 Å². The van der Waals surface area contributed by atoms with Crippen LogP contribution in [-0.2, 0) is 14.2 Å². The Bertz CT molecular complexity index is 2430. The molecular formula is C44H51ClN9O6P. The normalized spacial score (nSPS) is 21.4. The molecule has 4 aliphatic heterocycles. The number of amides is 4. The molecule has 5 heterocycles. The van der Waals surface area contributed by atoms with Gasteiger partial charge in [-0.1, -0.05) is 23.7 Å². The van der Waals surface area contributed by atoms with Gasteiger partial charge >= 0.3 is 0 Å². The second-order valence-corrected chi connectivity index (χ2v) is 20.4. The summed E-state index contributed by atoms with van der Waals surface area (Å²) in [6.07, 6.45) is 3.84. The highest BCUT2D eigenvalue weighted by atomic mass is 35.5. The number of rotatable bonds is 11. The molecule has 0 radical (unpaired) electrons. The van der Waals surface area contributed by atoms with Crippen LogP contribution in [0.5, 0.6) is 5.75 Å². The van der Waals surface area contributed by atoms with E-state index in [0.717, 1.165) is 61.8 Å². The number of hydrogen-bond acceptors (Lipinski definition) is 13. The van der Waals surface area contributed by atoms with E-state index < -0.39 is 36.8 Å². The van der Waals surface area contributed by atoms with Crippen molar-refractivity contribution in [2.45, 2.75) is 57.7 Å². The summed E-state index contributed by atoms with van der Waals surface area (Å²) in [5.41, 5.74) is 3.92. The van der Waals surface area contributed by atoms with E-state index in [9.17, 15) is 23.7 Å². The predicted octanol–water partition coefficient (Wildman–Crippen LogP) is 6.09. The molecule has 3 aromatic carbocycles. The summed E-state index contributed by atoms with van der Waals surface area (Å²) in [5, 5.41) is 9.81. The predicted molar refractivity (Wildman–Crippen MR) is 238 cm³/mol. The lowest BCUT2D eigenvalue weighted by Gasteiger charge is -2.47. The standard InChI is InChI=1S/C44H51ClN9O6P/c1-26-23-52(29-10-12-31-32(20-29)43(58)54(42(31)57)36-14-15-39(55)49-41(36)56)24-27(2)53(26)25-28-16-18-51(19-17-28)30-11-13-34(37(21-30)60-3)48-44-46-22-33(45)40(50-44)47-35-8-6-7-9-38(35)61(4,5)59/h6-13,20-22,26-28,36H,14-19,23-25H2,1-5H3,(H,49,55,56)(H2,46,47,48,50). The SMILES string of the molecule is COc1cc(N2CCC(CN3C(C)CN(c4ccc5c(c4)C(=O)N(C4CCC(=O)NC4=O)C5=O)CC3C)CC2)ccc1Nc1ncc(Cl)c(Nc2ccccc2P(C)(C)=O)n1. The molecule has 3 saturated heterocycles. The van der Waals surface area contributed by atoms with E-state index in [4.69, 9.17) is 16.3 Å². The molecule has 0 aliphatic carbocycles. The molecular weight excluding hydrogens is 817 g/mol. The van der Waals surface area contributed by atoms with Crippen molar-refractivity contribution in [2.24, 2.45) is 5.92 Å². The molecule has 0 spiro atoms. The Balaban J connectivity index is 0.861. The monoisotopic (exact) mass is 867 g/mol. The van der Waals surface area contributed by atoms with Crippen LogP contribution < -0.4 is 35.8 Å². The van der Waals surface area contributed by atoms with Crippen molar-refractivity contribution in [3.8, 4) is 5.75 Å². The van der Waals surface area contributed by atoms with E-state index >= 15 is 0 Å². The smallest absolute Gasteiger partial charge is 0.262 e. The molecule has 0 saturated carbocycles. The number of para-hydroxylation sites is 1. The van der Waals surface area contributed by atoms with Gasteiger partial charge in [-0.05, 0) is 94.8 Å². The fourth-order valence-corrected chi connectivity index (χ4v) is 10.3. The third kappa shape index (κ3) is 8.69. The van der Waals surface area contributed by atoms with Gasteiger partial charge in [-0.2, -0.15) is 4.98 Å². The highest BCUT2D eigenvalue weighted by molar-refractivity contribution is 7.70. The molecule has 61 heavy (non-hydrogen) atoms. The van der Waals surface area contributed by atoms with Crippen LogP contribution in [0.25, 0.3) is 0 Å². The van der Waals surface area contributed by atoms with Gasteiger partial charge in [0.1, 0.15) is 24.0 Å². The molecule has 3 atom stereocenters. The summed E-state index contributed by atoms with van der Waals surface area (Å²) >= 11 is 6.49. The topological polar surface area (TPSA) is 169 Å². The number of methoxy groups -OCH3 is 1. The molecule has 17 heteroatoms. The molecule has 4 amide bonds. The zero-order valence-electron chi connectivity index (χ0n) is 35.0. The van der Waals surface area contributed by atoms with Crippen LogP contribution in [0, 0.1) is 5.92 Å². The van der Waals surface area contributed by atoms with E-state index in [-0.39, 0.29) is 30.5 Å². The Morgan fingerprint density at radius 1 is 0.852 bits per heavy atom. The number of nitrogens with zero attached hydrogens (tertiary/aromatic N) is 6. The van der Waals surface area contributed by atoms with E-state index in [1.165, 1.54) is 6.20 Å². The lowest BCUT2D eigenvalue weighted by atomic mass is 9.93. The van der Waals surface area contributed by atoms with Crippen LogP contribution >= 0.6 is 18.7 Å². The van der Waals surface area contributed by atoms with Crippen molar-refractivity contribution in [3.05, 3.63) is 83.0 Å². The lowest BCUT2D eigenvalue weighted by Crippen LogP contribution is -2.58. The van der Waals surface area contributed by atoms with Crippen LogP contribution in [0.1, 0.15) is 60.2 Å². The number of hydrogen-bond donors (Lipinski definition) is 3. The largest absolute Gasteiger partial charge is 0.494 e. The average Bonchev–Trinajstić information content (AvgIpc) is 3.48. The molecule has 15 nitrogen and oxygen atoms in total. The van der Waals surface area contributed by atoms with Crippen LogP contribution in [0.3, 0.4) is 0 Å². The quantitative estimate of drug-likeness (QED) is 0.117. The molecule has 8 rings (SSSR count). The van der Waals surface area contributed by atoms with Crippen molar-refractivity contribution in [2.75, 3.05) is 73.6 Å². The van der Waals surface area contributed by atoms with Crippen LogP contribution in [0.4, 0.5) is 34.5 Å². The molecule has 320 valence electrons. The maximum Gasteiger partial charge on any atom is 0.262 e. The first-order valence-electron chi connectivity index (χ1n) is 20.7. The van der Waals surface area contributed by atoms with Gasteiger partial charge in [0, 0.05) is 74.0 Å². The Hall–Kier alpha value is -5.50. The Labute approximate surface area is 360 Å². The highest BCUT2D eigenvalue weighted by Gasteiger charge is 2.45. The maximum atomic E-state index is 13.5. The first kappa shape index (κ1) is 42.2. The number of anilines is 6. The number of carbonyl (C=O) groups is 4. The van der Waals surface area contributed by atoms with Gasteiger partial charge < -0.3 is 29.7 Å². The number of carbonyl (C=O) groups excluding carboxylic acids is 4. The first-order chi connectivity index (χ1) is 29.2. The molecule has 3 fully saturated rings. The molecule has 3 unspecified atom stereocenters. The van der Waals surface area contributed by atoms with Crippen LogP contribution in [-0.4, -0.2) is 115 Å². The summed E-state index contributed by atoms with van der Waals surface area (Å²) in [7, 11) is -0.921. The number of benzene rings is 3. The summed E-state index contributed by atoms with van der Waals surface area (Å²) in [6.45, 7) is 12.3. The number of ether oxygens (including phenoxy) is 1. The van der Waals surface area contributed by atoms with Crippen molar-refractivity contribution >= 4 is 82.2 Å². The maximum absolute atomic E-state index is 13.5. The van der Waals surface area contributed by atoms with E-state index in [2.05, 4.69) is 60.5 Å². The lowest BCUT2D eigenvalue weighted by molar-refractivity contribution is -0.136. The summed E-state index contributed by atoms with van der Waals surface area (Å²) < 4.78 is 18.7. The second kappa shape index (κ2) is 17.1. The number of imide groups is 2. The number of aromatic nitrogens is 2. The summed E-state index contributed by atoms with van der Waals surface area (Å²) in [4.78, 5) is 68.2. The molecule has 0 bridgehead atoms. The number of nitrogens with one attached hydrogen (secondary N) is 3. The minimum absolute atomic E-state index is 0.0852. The fourth-order valence-electron chi connectivity index (χ4n) is 9.05. The average molecular weight is 868 g/mol. The highest BCUT2D eigenvalue weighted by Crippen LogP contribution is 2.40. The number of fused-ring (bicyclic) bond motifs is 1. The summed E-state index contributed by atoms with van der Waals surface area (Å²) in [5.74, 6) is -0.0819. The number of piperidine rings is 2. The van der Waals surface area contributed by atoms with Crippen molar-refractivity contribution in [3.63, 3.8) is 0 Å². The van der Waals surface area contributed by atoms with Crippen molar-refractivity contribution in [1.82, 2.24) is 25.1 Å². The van der Waals surface area contributed by atoms with Gasteiger partial charge in [0.15, 0.2) is 5.82 Å². The Morgan fingerprint density at radius 3 is 2.25 bits per heavy atom. The van der Waals surface area contributed by atoms with E-state index in [1.54, 1.807) is 32.6 Å². The Kier molecular flexibility index (Phi) is 11.8. The third-order valence-electron chi connectivity index (χ3n) is 12.3. The number of piperazine rings is 1. The van der Waals surface area contributed by atoms with Crippen molar-refractivity contribution < 1.29 is 28.5 Å². The van der Waals surface area contributed by atoms with Gasteiger partial charge in [-0.3, -0.25) is 34.3 Å². The van der Waals surface area contributed by atoms with Crippen LogP contribution in [0.15, 0.2) is 66.9 Å². The van der Waals surface area contributed by atoms with Gasteiger partial charge in [0.2, 0.25) is 17.8 Å². The van der Waals surface area contributed by atoms with Gasteiger partial charge in [-0.25, -0.2) is 4.98 Å². The zero-order valence-corrected chi connectivity index (χ0v) is 36.6. The third-order valence-corrected chi connectivity index (χ3v) is 14.1. The van der Waals surface area contributed by atoms with Gasteiger partial charge in [0.05, 0.1) is 35.8 Å². The van der Waals surface area contributed by atoms with Gasteiger partial charge in [-0.15, -0.1) is 0 Å². The molecule has 1 aromatic heterocycles. The second-order valence-electron chi connectivity index (χ2n) is 16.8. The molecule has 4 aromatic rings. The van der Waals surface area contributed by atoms with E-state index in [1.807, 2.05) is 42.5 Å². The molecule has 3 N–H and O–H groups in total. The Morgan fingerprint density at radius 2 is 1.54 bits per heavy atom. The first-order valence-corrected chi connectivity index (χ1v) is 23.7. The number of halogens is 1. The minimum Gasteiger partial charge on any atom is -0.494 e.